The van der Waals surface area contributed by atoms with Crippen molar-refractivity contribution in [1.29, 1.82) is 0 Å². The molecule has 0 aliphatic carbocycles. The van der Waals surface area contributed by atoms with Gasteiger partial charge in [0, 0.05) is 26.2 Å². The van der Waals surface area contributed by atoms with E-state index in [1.807, 2.05) is 38.1 Å². The Morgan fingerprint density at radius 1 is 0.706 bits per heavy atom. The Hall–Kier alpha value is -1.08. The number of aryl methyl sites for hydroxylation is 2. The van der Waals surface area contributed by atoms with Gasteiger partial charge in [0.05, 0.1) is 0 Å². The first kappa shape index (κ1) is 15.9. The minimum atomic E-state index is 0. The topological polar surface area (TPSA) is 40.5 Å². The third-order valence-electron chi connectivity index (χ3n) is 2.00. The fourth-order valence-corrected chi connectivity index (χ4v) is 1.26. The molecule has 0 aromatic heterocycles. The molecule has 0 aliphatic rings. The van der Waals surface area contributed by atoms with E-state index in [9.17, 15) is 0 Å². The Bertz CT molecular complexity index is 377. The van der Waals surface area contributed by atoms with Crippen LogP contribution in [0.5, 0.6) is 11.5 Å². The minimum Gasteiger partial charge on any atom is -0.508 e. The predicted octanol–water partition coefficient (Wildman–Crippen LogP) is 3.40. The molecule has 0 aliphatic heterocycles. The van der Waals surface area contributed by atoms with Gasteiger partial charge >= 0.3 is 0 Å². The Balaban J connectivity index is 0.000000284. The van der Waals surface area contributed by atoms with Crippen molar-refractivity contribution in [2.45, 2.75) is 13.8 Å². The molecule has 0 spiro atoms. The molecule has 88 valence electrons. The predicted molar refractivity (Wildman–Crippen MR) is 65.7 cm³/mol. The summed E-state index contributed by atoms with van der Waals surface area (Å²) in [4.78, 5) is 0. The molecular formula is C14H16O2Zr. The summed E-state index contributed by atoms with van der Waals surface area (Å²) >= 11 is 0. The maximum absolute atomic E-state index is 8.81. The average molecular weight is 308 g/mol. The molecule has 2 N–H and O–H groups in total. The van der Waals surface area contributed by atoms with E-state index in [0.717, 1.165) is 11.1 Å². The van der Waals surface area contributed by atoms with Crippen LogP contribution in [0.15, 0.2) is 48.5 Å². The number of benzene rings is 2. The van der Waals surface area contributed by atoms with Crippen LogP contribution < -0.4 is 0 Å². The molecule has 0 saturated carbocycles. The van der Waals surface area contributed by atoms with Crippen LogP contribution in [0.25, 0.3) is 0 Å². The number of phenols is 2. The van der Waals surface area contributed by atoms with Gasteiger partial charge in [-0.15, -0.1) is 0 Å². The van der Waals surface area contributed by atoms with Crippen molar-refractivity contribution in [3.63, 3.8) is 0 Å². The Labute approximate surface area is 121 Å². The first-order valence-electron chi connectivity index (χ1n) is 5.09. The molecule has 0 saturated heterocycles. The van der Waals surface area contributed by atoms with Crippen LogP contribution >= 0.6 is 0 Å². The van der Waals surface area contributed by atoms with E-state index in [0.29, 0.717) is 11.5 Å². The van der Waals surface area contributed by atoms with E-state index in [1.54, 1.807) is 24.3 Å². The van der Waals surface area contributed by atoms with Crippen molar-refractivity contribution in [3.05, 3.63) is 59.7 Å². The summed E-state index contributed by atoms with van der Waals surface area (Å²) in [6.07, 6.45) is 0. The Morgan fingerprint density at radius 3 is 1.24 bits per heavy atom. The molecule has 0 radical (unpaired) electrons. The minimum absolute atomic E-state index is 0. The first-order valence-corrected chi connectivity index (χ1v) is 5.09. The first-order chi connectivity index (χ1) is 7.58. The van der Waals surface area contributed by atoms with Crippen molar-refractivity contribution in [2.75, 3.05) is 0 Å². The van der Waals surface area contributed by atoms with Crippen LogP contribution in [0.1, 0.15) is 11.1 Å². The van der Waals surface area contributed by atoms with Gasteiger partial charge in [-0.3, -0.25) is 0 Å². The maximum Gasteiger partial charge on any atom is 0.115 e. The SMILES string of the molecule is Cc1cccc(O)c1.Cc1cccc(O)c1.[Zr]. The Kier molecular flexibility index (Phi) is 7.57. The fraction of sp³-hybridized carbons (Fsp3) is 0.143. The summed E-state index contributed by atoms with van der Waals surface area (Å²) in [7, 11) is 0. The van der Waals surface area contributed by atoms with Crippen LogP contribution in [0.4, 0.5) is 0 Å². The average Bonchev–Trinajstić information content (AvgIpc) is 2.17. The number of hydrogen-bond donors (Lipinski definition) is 2. The number of aromatic hydroxyl groups is 2. The van der Waals surface area contributed by atoms with Crippen molar-refractivity contribution in [3.8, 4) is 11.5 Å². The maximum atomic E-state index is 8.81. The van der Waals surface area contributed by atoms with Crippen molar-refractivity contribution in [1.82, 2.24) is 0 Å². The molecule has 0 bridgehead atoms. The molecule has 0 amide bonds. The van der Waals surface area contributed by atoms with Crippen LogP contribution in [-0.4, -0.2) is 10.2 Å². The van der Waals surface area contributed by atoms with Gasteiger partial charge < -0.3 is 10.2 Å². The molecule has 17 heavy (non-hydrogen) atoms. The van der Waals surface area contributed by atoms with Gasteiger partial charge in [-0.05, 0) is 49.2 Å². The standard InChI is InChI=1S/2C7H8O.Zr/c2*1-6-3-2-4-7(8)5-6;/h2*2-5,8H,1H3;. The van der Waals surface area contributed by atoms with Gasteiger partial charge in [0.15, 0.2) is 0 Å². The number of hydrogen-bond acceptors (Lipinski definition) is 2. The molecule has 0 atom stereocenters. The van der Waals surface area contributed by atoms with E-state index in [2.05, 4.69) is 0 Å². The molecule has 3 heteroatoms. The smallest absolute Gasteiger partial charge is 0.115 e. The largest absolute Gasteiger partial charge is 0.508 e. The summed E-state index contributed by atoms with van der Waals surface area (Å²) in [5.41, 5.74) is 2.18. The third-order valence-corrected chi connectivity index (χ3v) is 2.00. The Morgan fingerprint density at radius 2 is 1.06 bits per heavy atom. The van der Waals surface area contributed by atoms with Gasteiger partial charge in [-0.25, -0.2) is 0 Å². The number of rotatable bonds is 0. The molecule has 2 aromatic carbocycles. The summed E-state index contributed by atoms with van der Waals surface area (Å²) in [6.45, 7) is 3.89. The van der Waals surface area contributed by atoms with Crippen molar-refractivity contribution >= 4 is 0 Å². The van der Waals surface area contributed by atoms with E-state index in [-0.39, 0.29) is 26.2 Å². The zero-order valence-corrected chi connectivity index (χ0v) is 12.5. The molecule has 2 rings (SSSR count). The quantitative estimate of drug-likeness (QED) is 0.783. The van der Waals surface area contributed by atoms with Crippen LogP contribution in [-0.2, 0) is 26.2 Å². The summed E-state index contributed by atoms with van der Waals surface area (Å²) in [6, 6.07) is 14.3. The van der Waals surface area contributed by atoms with E-state index in [4.69, 9.17) is 10.2 Å². The molecule has 0 unspecified atom stereocenters. The normalized spacial score (nSPS) is 8.59. The zero-order chi connectivity index (χ0) is 12.0. The summed E-state index contributed by atoms with van der Waals surface area (Å²) in [5, 5.41) is 17.6. The molecule has 2 nitrogen and oxygen atoms in total. The van der Waals surface area contributed by atoms with E-state index < -0.39 is 0 Å². The van der Waals surface area contributed by atoms with Gasteiger partial charge in [-0.1, -0.05) is 24.3 Å². The van der Waals surface area contributed by atoms with E-state index in [1.165, 1.54) is 0 Å². The van der Waals surface area contributed by atoms with Crippen molar-refractivity contribution in [2.24, 2.45) is 0 Å². The van der Waals surface area contributed by atoms with E-state index >= 15 is 0 Å². The molecule has 0 heterocycles. The van der Waals surface area contributed by atoms with Gasteiger partial charge in [0.25, 0.3) is 0 Å². The van der Waals surface area contributed by atoms with Crippen LogP contribution in [0.2, 0.25) is 0 Å². The third kappa shape index (κ3) is 6.96. The van der Waals surface area contributed by atoms with Crippen LogP contribution in [0.3, 0.4) is 0 Å². The van der Waals surface area contributed by atoms with Gasteiger partial charge in [0.1, 0.15) is 11.5 Å². The molecular weight excluding hydrogens is 291 g/mol. The van der Waals surface area contributed by atoms with Gasteiger partial charge in [0.2, 0.25) is 0 Å². The second-order valence-corrected chi connectivity index (χ2v) is 3.68. The fourth-order valence-electron chi connectivity index (χ4n) is 1.26. The molecule has 2 aromatic rings. The number of phenolic OH excluding ortho intramolecular Hbond substituents is 2. The molecule has 0 fully saturated rings. The summed E-state index contributed by atoms with van der Waals surface area (Å²) in [5.74, 6) is 0.676. The second-order valence-electron chi connectivity index (χ2n) is 3.68. The second kappa shape index (κ2) is 8.08. The van der Waals surface area contributed by atoms with Crippen LogP contribution in [0, 0.1) is 13.8 Å². The summed E-state index contributed by atoms with van der Waals surface area (Å²) < 4.78 is 0. The van der Waals surface area contributed by atoms with Gasteiger partial charge in [-0.2, -0.15) is 0 Å². The monoisotopic (exact) mass is 306 g/mol. The van der Waals surface area contributed by atoms with Crippen molar-refractivity contribution < 1.29 is 36.4 Å². The zero-order valence-electron chi connectivity index (χ0n) is 10.0.